The van der Waals surface area contributed by atoms with Crippen molar-refractivity contribution in [2.45, 2.75) is 51.9 Å². The zero-order valence-electron chi connectivity index (χ0n) is 14.1. The van der Waals surface area contributed by atoms with Crippen LogP contribution in [0.1, 0.15) is 50.8 Å². The second kappa shape index (κ2) is 4.43. The minimum absolute atomic E-state index is 0.218. The maximum atomic E-state index is 2.39. The molecular formula is C20H26N+. The van der Waals surface area contributed by atoms with E-state index in [1.54, 1.807) is 0 Å². The molecule has 2 aromatic rings. The molecule has 1 aliphatic rings. The molecule has 0 N–H and O–H groups in total. The molecule has 0 fully saturated rings. The van der Waals surface area contributed by atoms with E-state index in [4.69, 9.17) is 0 Å². The normalized spacial score (nSPS) is 18.6. The molecule has 3 rings (SSSR count). The van der Waals surface area contributed by atoms with Gasteiger partial charge in [0.2, 0.25) is 5.69 Å². The number of rotatable bonds is 1. The summed E-state index contributed by atoms with van der Waals surface area (Å²) in [7, 11) is 2.17. The SMILES string of the molecule is Cc1ccccc1-c1c2c(cc[n+]1C)C(C)(C)CC2(C)C. The molecule has 0 amide bonds. The highest BCUT2D eigenvalue weighted by atomic mass is 14.9. The zero-order chi connectivity index (χ0) is 15.4. The summed E-state index contributed by atoms with van der Waals surface area (Å²) in [4.78, 5) is 0. The number of hydrogen-bond acceptors (Lipinski definition) is 0. The topological polar surface area (TPSA) is 3.88 Å². The fourth-order valence-corrected chi connectivity index (χ4v) is 4.35. The molecule has 0 bridgehead atoms. The van der Waals surface area contributed by atoms with E-state index in [1.807, 2.05) is 0 Å². The monoisotopic (exact) mass is 280 g/mol. The molecule has 1 aromatic heterocycles. The molecule has 1 aliphatic carbocycles. The van der Waals surface area contributed by atoms with Crippen molar-refractivity contribution in [3.8, 4) is 11.3 Å². The van der Waals surface area contributed by atoms with E-state index in [0.29, 0.717) is 0 Å². The van der Waals surface area contributed by atoms with Crippen LogP contribution in [0.15, 0.2) is 36.5 Å². The van der Waals surface area contributed by atoms with Crippen molar-refractivity contribution in [1.82, 2.24) is 0 Å². The van der Waals surface area contributed by atoms with Crippen molar-refractivity contribution >= 4 is 0 Å². The highest BCUT2D eigenvalue weighted by Gasteiger charge is 2.46. The van der Waals surface area contributed by atoms with Crippen LogP contribution in [0.3, 0.4) is 0 Å². The Bertz CT molecular complexity index is 708. The van der Waals surface area contributed by atoms with Gasteiger partial charge in [0.05, 0.1) is 0 Å². The van der Waals surface area contributed by atoms with Crippen LogP contribution in [0, 0.1) is 6.92 Å². The van der Waals surface area contributed by atoms with Crippen molar-refractivity contribution in [3.63, 3.8) is 0 Å². The Morgan fingerprint density at radius 2 is 1.62 bits per heavy atom. The molecule has 0 aliphatic heterocycles. The number of aromatic nitrogens is 1. The van der Waals surface area contributed by atoms with Gasteiger partial charge >= 0.3 is 0 Å². The Kier molecular flexibility index (Phi) is 3.02. The Hall–Kier alpha value is -1.63. The van der Waals surface area contributed by atoms with Crippen LogP contribution >= 0.6 is 0 Å². The lowest BCUT2D eigenvalue weighted by molar-refractivity contribution is -0.660. The third kappa shape index (κ3) is 2.10. The summed E-state index contributed by atoms with van der Waals surface area (Å²) in [6.45, 7) is 11.7. The van der Waals surface area contributed by atoms with Crippen LogP contribution in [0.2, 0.25) is 0 Å². The number of pyridine rings is 1. The van der Waals surface area contributed by atoms with Crippen molar-refractivity contribution < 1.29 is 4.57 Å². The van der Waals surface area contributed by atoms with Gasteiger partial charge in [-0.25, -0.2) is 4.57 Å². The smallest absolute Gasteiger partial charge is 0.201 e. The predicted octanol–water partition coefficient (Wildman–Crippen LogP) is 4.45. The van der Waals surface area contributed by atoms with E-state index >= 15 is 0 Å². The van der Waals surface area contributed by atoms with Gasteiger partial charge in [-0.2, -0.15) is 0 Å². The Morgan fingerprint density at radius 1 is 0.952 bits per heavy atom. The molecule has 0 unspecified atom stereocenters. The summed E-state index contributed by atoms with van der Waals surface area (Å²) >= 11 is 0. The summed E-state index contributed by atoms with van der Waals surface area (Å²) in [5.41, 5.74) is 7.63. The predicted molar refractivity (Wildman–Crippen MR) is 88.5 cm³/mol. The molecule has 1 nitrogen and oxygen atoms in total. The largest absolute Gasteiger partial charge is 0.216 e. The van der Waals surface area contributed by atoms with Crippen LogP contribution in [-0.4, -0.2) is 0 Å². The fourth-order valence-electron chi connectivity index (χ4n) is 4.35. The van der Waals surface area contributed by atoms with Gasteiger partial charge in [-0.05, 0) is 41.4 Å². The van der Waals surface area contributed by atoms with Gasteiger partial charge in [-0.3, -0.25) is 0 Å². The van der Waals surface area contributed by atoms with E-state index in [1.165, 1.54) is 34.4 Å². The molecule has 1 heterocycles. The van der Waals surface area contributed by atoms with Crippen LogP contribution in [-0.2, 0) is 17.9 Å². The maximum absolute atomic E-state index is 2.39. The average molecular weight is 280 g/mol. The molecule has 0 saturated carbocycles. The van der Waals surface area contributed by atoms with Gasteiger partial charge in [-0.15, -0.1) is 0 Å². The van der Waals surface area contributed by atoms with Gasteiger partial charge in [0.25, 0.3) is 0 Å². The van der Waals surface area contributed by atoms with Crippen LogP contribution in [0.4, 0.5) is 0 Å². The fraction of sp³-hybridized carbons (Fsp3) is 0.450. The minimum Gasteiger partial charge on any atom is -0.201 e. The third-order valence-electron chi connectivity index (χ3n) is 5.01. The summed E-state index contributed by atoms with van der Waals surface area (Å²) in [5.74, 6) is 0. The third-order valence-corrected chi connectivity index (χ3v) is 5.01. The standard InChI is InChI=1S/C20H26N/c1-14-9-7-8-10-15(14)18-17-16(11-12-21(18)6)19(2,3)13-20(17,4)5/h7-12H,13H2,1-6H3/q+1. The number of fused-ring (bicyclic) bond motifs is 1. The van der Waals surface area contributed by atoms with Crippen molar-refractivity contribution in [3.05, 3.63) is 53.2 Å². The first-order chi connectivity index (χ1) is 9.74. The van der Waals surface area contributed by atoms with Crippen LogP contribution in [0.25, 0.3) is 11.3 Å². The summed E-state index contributed by atoms with van der Waals surface area (Å²) in [5, 5.41) is 0. The maximum Gasteiger partial charge on any atom is 0.216 e. The highest BCUT2D eigenvalue weighted by Crippen LogP contribution is 2.51. The molecule has 0 saturated heterocycles. The molecule has 1 aromatic carbocycles. The number of benzene rings is 1. The first-order valence-corrected chi connectivity index (χ1v) is 7.84. The van der Waals surface area contributed by atoms with Crippen LogP contribution in [0.5, 0.6) is 0 Å². The van der Waals surface area contributed by atoms with Gasteiger partial charge in [0, 0.05) is 17.2 Å². The lowest BCUT2D eigenvalue weighted by Crippen LogP contribution is -2.34. The number of aryl methyl sites for hydroxylation is 2. The molecule has 110 valence electrons. The van der Waals surface area contributed by atoms with Gasteiger partial charge in [0.1, 0.15) is 7.05 Å². The highest BCUT2D eigenvalue weighted by molar-refractivity contribution is 5.68. The minimum atomic E-state index is 0.218. The molecule has 0 atom stereocenters. The quantitative estimate of drug-likeness (QED) is 0.680. The summed E-state index contributed by atoms with van der Waals surface area (Å²) in [6.07, 6.45) is 3.43. The molecule has 0 spiro atoms. The van der Waals surface area contributed by atoms with Gasteiger partial charge in [0.15, 0.2) is 6.20 Å². The van der Waals surface area contributed by atoms with Crippen molar-refractivity contribution in [2.24, 2.45) is 7.05 Å². The van der Waals surface area contributed by atoms with Crippen molar-refractivity contribution in [1.29, 1.82) is 0 Å². The Balaban J connectivity index is 2.39. The van der Waals surface area contributed by atoms with E-state index in [0.717, 1.165) is 0 Å². The lowest BCUT2D eigenvalue weighted by atomic mass is 9.81. The lowest BCUT2D eigenvalue weighted by Gasteiger charge is -2.22. The first kappa shape index (κ1) is 14.3. The zero-order valence-corrected chi connectivity index (χ0v) is 14.1. The molecular weight excluding hydrogens is 254 g/mol. The number of nitrogens with zero attached hydrogens (tertiary/aromatic N) is 1. The number of hydrogen-bond donors (Lipinski definition) is 0. The van der Waals surface area contributed by atoms with E-state index < -0.39 is 0 Å². The second-order valence-corrected chi connectivity index (χ2v) is 7.82. The van der Waals surface area contributed by atoms with E-state index in [-0.39, 0.29) is 10.8 Å². The average Bonchev–Trinajstić information content (AvgIpc) is 2.56. The van der Waals surface area contributed by atoms with Crippen LogP contribution < -0.4 is 4.57 Å². The van der Waals surface area contributed by atoms with E-state index in [2.05, 4.69) is 82.8 Å². The molecule has 1 heteroatoms. The molecule has 0 radical (unpaired) electrons. The van der Waals surface area contributed by atoms with Gasteiger partial charge in [-0.1, -0.05) is 45.9 Å². The molecule has 21 heavy (non-hydrogen) atoms. The first-order valence-electron chi connectivity index (χ1n) is 7.84. The van der Waals surface area contributed by atoms with E-state index in [9.17, 15) is 0 Å². The summed E-state index contributed by atoms with van der Waals surface area (Å²) < 4.78 is 2.30. The summed E-state index contributed by atoms with van der Waals surface area (Å²) in [6, 6.07) is 11.1. The van der Waals surface area contributed by atoms with Gasteiger partial charge < -0.3 is 0 Å². The Labute approximate surface area is 128 Å². The second-order valence-electron chi connectivity index (χ2n) is 7.82. The van der Waals surface area contributed by atoms with Crippen molar-refractivity contribution in [2.75, 3.05) is 0 Å². The Morgan fingerprint density at radius 3 is 2.29 bits per heavy atom.